The van der Waals surface area contributed by atoms with E-state index in [9.17, 15) is 19.8 Å². The van der Waals surface area contributed by atoms with Gasteiger partial charge in [-0.2, -0.15) is 0 Å². The molecular weight excluding hydrogens is 698 g/mol. The van der Waals surface area contributed by atoms with Crippen molar-refractivity contribution in [3.05, 3.63) is 73.7 Å². The Morgan fingerprint density at radius 2 is 1.46 bits per heavy atom. The van der Waals surface area contributed by atoms with Crippen LogP contribution in [0, 0.1) is 11.8 Å². The highest BCUT2D eigenvalue weighted by Gasteiger charge is 2.67. The van der Waals surface area contributed by atoms with Gasteiger partial charge in [-0.05, 0) is 114 Å². The molecular formula is C36H46Cl4N2O6. The van der Waals surface area contributed by atoms with Crippen LogP contribution in [0.2, 0.25) is 20.1 Å². The van der Waals surface area contributed by atoms with Gasteiger partial charge in [-0.1, -0.05) is 64.6 Å². The Labute approximate surface area is 303 Å². The van der Waals surface area contributed by atoms with Crippen LogP contribution in [0.3, 0.4) is 0 Å². The average molecular weight is 745 g/mol. The van der Waals surface area contributed by atoms with Crippen LogP contribution in [0.15, 0.2) is 42.5 Å². The third kappa shape index (κ3) is 9.12. The predicted molar refractivity (Wildman–Crippen MR) is 192 cm³/mol. The minimum absolute atomic E-state index is 0.00484. The van der Waals surface area contributed by atoms with Crippen molar-refractivity contribution >= 4 is 64.2 Å². The number of hydrogen-bond donors (Lipinski definition) is 2. The summed E-state index contributed by atoms with van der Waals surface area (Å²) in [5.41, 5.74) is 2.01. The summed E-state index contributed by atoms with van der Waals surface area (Å²) in [5, 5.41) is 21.2. The third-order valence-electron chi connectivity index (χ3n) is 8.98. The molecule has 2 N–H and O–H groups in total. The lowest BCUT2D eigenvalue weighted by molar-refractivity contribution is 0.0173. The number of carbonyl (C=O) groups excluding carboxylic acids is 2. The Hall–Kier alpha value is -2.20. The van der Waals surface area contributed by atoms with E-state index in [0.29, 0.717) is 52.6 Å². The van der Waals surface area contributed by atoms with E-state index in [1.165, 1.54) is 0 Å². The second kappa shape index (κ2) is 15.4. The number of likely N-dealkylation sites (tertiary alicyclic amines) is 1. The van der Waals surface area contributed by atoms with Gasteiger partial charge in [0.15, 0.2) is 0 Å². The van der Waals surface area contributed by atoms with Crippen molar-refractivity contribution in [1.82, 2.24) is 9.80 Å². The molecule has 2 aliphatic heterocycles. The summed E-state index contributed by atoms with van der Waals surface area (Å²) in [5.74, 6) is 0.364. The molecule has 0 radical (unpaired) electrons. The Morgan fingerprint density at radius 3 is 2.02 bits per heavy atom. The number of hydrogen-bond acceptors (Lipinski definition) is 6. The first-order valence-corrected chi connectivity index (χ1v) is 17.7. The number of aliphatic hydroxyl groups excluding tert-OH is 2. The first kappa shape index (κ1) is 38.6. The molecule has 2 fully saturated rings. The van der Waals surface area contributed by atoms with E-state index in [2.05, 4.69) is 0 Å². The van der Waals surface area contributed by atoms with E-state index >= 15 is 0 Å². The summed E-state index contributed by atoms with van der Waals surface area (Å²) >= 11 is 24.3. The molecule has 0 aromatic heterocycles. The number of fused-ring (bicyclic) bond motifs is 1. The van der Waals surface area contributed by atoms with Gasteiger partial charge < -0.3 is 29.5 Å². The quantitative estimate of drug-likeness (QED) is 0.318. The molecule has 4 atom stereocenters. The number of carbonyl (C=O) groups is 2. The normalized spacial score (nSPS) is 23.8. The standard InChI is InChI=1S/2C18H23Cl2NO3/c1-17(2,3)24-16(23)21-7-6-18(12(9-21)13(18)10-22)11-4-5-14(19)15(20)8-11;1-18(2,3)24-17(23)21-8-6-13(10-14(21)7-9-22)12-4-5-15(19)16(20)11-12/h4-5,8,12-13,22H,6-7,9-10H2,1-3H3;4-5,10-11,14,22H,6-9H2,1-3H3/t12-,13?,18?;/m0./s1. The fraction of sp³-hybridized carbons (Fsp3) is 0.556. The highest BCUT2D eigenvalue weighted by molar-refractivity contribution is 6.42. The molecule has 0 spiro atoms. The first-order chi connectivity index (χ1) is 22.4. The number of amides is 2. The fourth-order valence-corrected chi connectivity index (χ4v) is 7.32. The van der Waals surface area contributed by atoms with Crippen molar-refractivity contribution in [3.8, 4) is 0 Å². The fourth-order valence-electron chi connectivity index (χ4n) is 6.72. The molecule has 2 aromatic carbocycles. The molecule has 3 aliphatic rings. The number of aliphatic hydroxyl groups is 2. The summed E-state index contributed by atoms with van der Waals surface area (Å²) in [6.07, 6.45) is 3.31. The zero-order chi connectivity index (χ0) is 35.6. The first-order valence-electron chi connectivity index (χ1n) is 16.2. The Balaban J connectivity index is 0.000000217. The van der Waals surface area contributed by atoms with E-state index < -0.39 is 11.2 Å². The highest BCUT2D eigenvalue weighted by atomic mass is 35.5. The summed E-state index contributed by atoms with van der Waals surface area (Å²) in [4.78, 5) is 28.1. The van der Waals surface area contributed by atoms with E-state index in [-0.39, 0.29) is 48.7 Å². The molecule has 1 saturated carbocycles. The van der Waals surface area contributed by atoms with Crippen LogP contribution in [0.25, 0.3) is 5.57 Å². The lowest BCUT2D eigenvalue weighted by Crippen LogP contribution is -2.45. The molecule has 0 bridgehead atoms. The minimum atomic E-state index is -0.547. The van der Waals surface area contributed by atoms with Crippen molar-refractivity contribution < 1.29 is 29.3 Å². The second-order valence-electron chi connectivity index (χ2n) is 14.6. The number of benzene rings is 2. The lowest BCUT2D eigenvalue weighted by atomic mass is 9.86. The number of rotatable bonds is 5. The molecule has 8 nitrogen and oxygen atoms in total. The maximum absolute atomic E-state index is 12.4. The molecule has 5 rings (SSSR count). The monoisotopic (exact) mass is 742 g/mol. The number of halogens is 4. The SMILES string of the molecule is CC(C)(C)OC(=O)N1CCC(c2ccc(Cl)c(Cl)c2)=CC1CCO.CC(C)(C)OC(=O)N1CCC2(c3ccc(Cl)c(Cl)c3)C(CO)[C@@H]2C1. The van der Waals surface area contributed by atoms with Crippen LogP contribution in [0.4, 0.5) is 9.59 Å². The topological polar surface area (TPSA) is 99.5 Å². The molecule has 1 aliphatic carbocycles. The van der Waals surface area contributed by atoms with Gasteiger partial charge in [0.1, 0.15) is 11.2 Å². The van der Waals surface area contributed by atoms with E-state index in [0.717, 1.165) is 23.1 Å². The summed E-state index contributed by atoms with van der Waals surface area (Å²) in [6.45, 7) is 13.0. The van der Waals surface area contributed by atoms with E-state index in [1.807, 2.05) is 71.9 Å². The molecule has 48 heavy (non-hydrogen) atoms. The van der Waals surface area contributed by atoms with Crippen LogP contribution >= 0.6 is 46.4 Å². The molecule has 1 saturated heterocycles. The largest absolute Gasteiger partial charge is 0.444 e. The Bertz CT molecular complexity index is 1520. The molecule has 2 amide bonds. The maximum Gasteiger partial charge on any atom is 0.410 e. The Kier molecular flexibility index (Phi) is 12.4. The van der Waals surface area contributed by atoms with Crippen molar-refractivity contribution in [2.24, 2.45) is 11.8 Å². The Morgan fingerprint density at radius 1 is 0.854 bits per heavy atom. The van der Waals surface area contributed by atoms with Gasteiger partial charge in [0.25, 0.3) is 0 Å². The van der Waals surface area contributed by atoms with Crippen LogP contribution in [-0.2, 0) is 14.9 Å². The zero-order valence-corrected chi connectivity index (χ0v) is 31.4. The summed E-state index contributed by atoms with van der Waals surface area (Å²) in [6, 6.07) is 11.0. The molecule has 12 heteroatoms. The van der Waals surface area contributed by atoms with Crippen LogP contribution in [-0.4, -0.2) is 82.3 Å². The van der Waals surface area contributed by atoms with Crippen molar-refractivity contribution in [2.75, 3.05) is 32.8 Å². The van der Waals surface area contributed by atoms with Gasteiger partial charge in [0, 0.05) is 38.3 Å². The predicted octanol–water partition coefficient (Wildman–Crippen LogP) is 8.88. The third-order valence-corrected chi connectivity index (χ3v) is 10.5. The maximum atomic E-state index is 12.4. The van der Waals surface area contributed by atoms with Gasteiger partial charge in [-0.15, -0.1) is 0 Å². The van der Waals surface area contributed by atoms with Gasteiger partial charge in [-0.25, -0.2) is 9.59 Å². The molecule has 264 valence electrons. The van der Waals surface area contributed by atoms with E-state index in [4.69, 9.17) is 55.9 Å². The summed E-state index contributed by atoms with van der Waals surface area (Å²) in [7, 11) is 0. The van der Waals surface area contributed by atoms with Gasteiger partial charge >= 0.3 is 12.2 Å². The highest BCUT2D eigenvalue weighted by Crippen LogP contribution is 2.64. The van der Waals surface area contributed by atoms with Gasteiger partial charge in [0.2, 0.25) is 0 Å². The van der Waals surface area contributed by atoms with Gasteiger partial charge in [0.05, 0.1) is 26.1 Å². The van der Waals surface area contributed by atoms with Crippen LogP contribution in [0.5, 0.6) is 0 Å². The molecule has 3 unspecified atom stereocenters. The van der Waals surface area contributed by atoms with Gasteiger partial charge in [-0.3, -0.25) is 0 Å². The van der Waals surface area contributed by atoms with Crippen LogP contribution < -0.4 is 0 Å². The minimum Gasteiger partial charge on any atom is -0.444 e. The number of nitrogens with zero attached hydrogens (tertiary/aromatic N) is 2. The van der Waals surface area contributed by atoms with Crippen molar-refractivity contribution in [1.29, 1.82) is 0 Å². The summed E-state index contributed by atoms with van der Waals surface area (Å²) < 4.78 is 10.9. The molecule has 2 aromatic rings. The lowest BCUT2D eigenvalue weighted by Gasteiger charge is -2.35. The molecule has 2 heterocycles. The van der Waals surface area contributed by atoms with Crippen molar-refractivity contribution in [2.45, 2.75) is 83.5 Å². The van der Waals surface area contributed by atoms with Crippen LogP contribution in [0.1, 0.15) is 71.9 Å². The number of ether oxygens (including phenoxy) is 2. The smallest absolute Gasteiger partial charge is 0.410 e. The second-order valence-corrected chi connectivity index (χ2v) is 16.2. The number of piperidine rings is 1. The average Bonchev–Trinajstić information content (AvgIpc) is 3.66. The zero-order valence-electron chi connectivity index (χ0n) is 28.4. The van der Waals surface area contributed by atoms with E-state index in [1.54, 1.807) is 21.9 Å². The van der Waals surface area contributed by atoms with Crippen molar-refractivity contribution in [3.63, 3.8) is 0 Å².